The third kappa shape index (κ3) is 7.95. The number of aryl methyl sites for hydroxylation is 1. The zero-order valence-electron chi connectivity index (χ0n) is 32.0. The summed E-state index contributed by atoms with van der Waals surface area (Å²) < 4.78 is 7.94. The van der Waals surface area contributed by atoms with Crippen molar-refractivity contribution in [2.75, 3.05) is 0 Å². The van der Waals surface area contributed by atoms with E-state index in [2.05, 4.69) is 25.6 Å². The van der Waals surface area contributed by atoms with Gasteiger partial charge in [0.15, 0.2) is 27.6 Å². The van der Waals surface area contributed by atoms with Crippen LogP contribution >= 0.6 is 12.2 Å². The average Bonchev–Trinajstić information content (AvgIpc) is 3.65. The molecule has 4 aromatic rings. The van der Waals surface area contributed by atoms with Crippen LogP contribution in [0.5, 0.6) is 5.88 Å². The van der Waals surface area contributed by atoms with Gasteiger partial charge >= 0.3 is 0 Å². The number of carbonyl (C=O) groups excluding carboxylic acids is 1. The number of aromatic nitrogens is 6. The van der Waals surface area contributed by atoms with Crippen LogP contribution in [0.15, 0.2) is 64.8 Å². The maximum absolute atomic E-state index is 12.9. The first-order valence-electron chi connectivity index (χ1n) is 17.8. The maximum Gasteiger partial charge on any atom is 0.295 e. The summed E-state index contributed by atoms with van der Waals surface area (Å²) in [4.78, 5) is 50.4. The van der Waals surface area contributed by atoms with Crippen molar-refractivity contribution in [2.24, 2.45) is 27.5 Å². The number of aliphatic hydroxyl groups excluding tert-OH is 1. The molecule has 0 amide bonds. The molecular weight excluding hydrogens is 764 g/mol. The quantitative estimate of drug-likeness (QED) is 0.0738. The van der Waals surface area contributed by atoms with E-state index in [1.165, 1.54) is 9.13 Å². The van der Waals surface area contributed by atoms with Crippen molar-refractivity contribution in [2.45, 2.75) is 106 Å². The molecule has 0 fully saturated rings. The number of benzene rings is 1. The summed E-state index contributed by atoms with van der Waals surface area (Å²) >= 11 is 5.26. The molecule has 3 N–H and O–H groups in total. The van der Waals surface area contributed by atoms with Gasteiger partial charge in [-0.05, 0) is 65.6 Å². The van der Waals surface area contributed by atoms with Gasteiger partial charge in [0.05, 0.1) is 23.5 Å². The number of aromatic amines is 1. The zero-order chi connectivity index (χ0) is 39.3. The number of rotatable bonds is 12. The molecule has 0 unspecified atom stereocenters. The zero-order valence-corrected chi connectivity index (χ0v) is 33.7. The second-order valence-corrected chi connectivity index (χ2v) is 12.9. The number of aliphatic hydroxyl groups is 1. The Kier molecular flexibility index (Phi) is 14.8. The summed E-state index contributed by atoms with van der Waals surface area (Å²) in [5.41, 5.74) is 0.877. The third-order valence-electron chi connectivity index (χ3n) is 9.60. The minimum atomic E-state index is -0.535. The number of ketones is 1. The van der Waals surface area contributed by atoms with Crippen molar-refractivity contribution in [1.82, 2.24) is 28.3 Å². The number of H-pyrrole nitrogens is 1. The van der Waals surface area contributed by atoms with Crippen molar-refractivity contribution in [1.29, 1.82) is 0 Å². The fourth-order valence-corrected chi connectivity index (χ4v) is 6.76. The summed E-state index contributed by atoms with van der Waals surface area (Å²) in [6.45, 7) is 15.9. The average molecular weight is 812 g/mol. The van der Waals surface area contributed by atoms with Gasteiger partial charge in [-0.25, -0.2) is 9.36 Å². The van der Waals surface area contributed by atoms with Gasteiger partial charge in [0.1, 0.15) is 0 Å². The summed E-state index contributed by atoms with van der Waals surface area (Å²) in [5, 5.41) is 39.6. The Labute approximate surface area is 328 Å². The van der Waals surface area contributed by atoms with Crippen LogP contribution in [0.4, 0.5) is 17.1 Å². The molecule has 295 valence electrons. The smallest absolute Gasteiger partial charge is 0.295 e. The third-order valence-corrected chi connectivity index (χ3v) is 10.0. The minimum absolute atomic E-state index is 0. The Balaban J connectivity index is 0.000000286. The number of hydrogen-bond donors (Lipinski definition) is 3. The summed E-state index contributed by atoms with van der Waals surface area (Å²) in [6, 6.07) is 6.82. The van der Waals surface area contributed by atoms with Crippen molar-refractivity contribution in [3.63, 3.8) is 0 Å². The maximum atomic E-state index is 12.9. The molecule has 3 aromatic heterocycles. The van der Waals surface area contributed by atoms with Crippen molar-refractivity contribution >= 4 is 40.8 Å². The first-order chi connectivity index (χ1) is 25.2. The molecule has 1 aliphatic rings. The second kappa shape index (κ2) is 18.4. The largest absolute Gasteiger partial charge is 0.505 e. The number of nitrogens with zero attached hydrogens (tertiary/aromatic N) is 9. The number of nitrogens with one attached hydrogen (secondary N) is 1. The summed E-state index contributed by atoms with van der Waals surface area (Å²) in [7, 11) is 1.80. The molecule has 0 saturated heterocycles. The molecule has 5 rings (SSSR count). The molecule has 0 aliphatic heterocycles. The van der Waals surface area contributed by atoms with Crippen molar-refractivity contribution < 1.29 is 32.1 Å². The van der Waals surface area contributed by atoms with Gasteiger partial charge in [0.25, 0.3) is 16.7 Å². The molecule has 1 aromatic carbocycles. The Bertz CT molecular complexity index is 2350. The molecule has 16 nitrogen and oxygen atoms in total. The van der Waals surface area contributed by atoms with E-state index in [9.17, 15) is 29.4 Å². The van der Waals surface area contributed by atoms with Crippen LogP contribution in [0.2, 0.25) is 0 Å². The predicted octanol–water partition coefficient (Wildman–Crippen LogP) is 7.76. The number of Topliss-reactive ketones (excluding diaryl/α,β-unsaturated/α-hetero) is 1. The van der Waals surface area contributed by atoms with E-state index in [1.54, 1.807) is 73.1 Å². The molecule has 0 spiro atoms. The monoisotopic (exact) mass is 811 g/mol. The van der Waals surface area contributed by atoms with Crippen LogP contribution in [-0.4, -0.2) is 44.3 Å². The van der Waals surface area contributed by atoms with E-state index in [-0.39, 0.29) is 79.4 Å². The van der Waals surface area contributed by atoms with Crippen LogP contribution in [0.3, 0.4) is 0 Å². The first-order valence-corrected chi connectivity index (χ1v) is 18.2. The molecule has 0 atom stereocenters. The standard InChI is InChI=1S/C18H28N6O3S.C18H20N4O3.Cu/c1-7-12(8-2)24-17(27)13(11(5)21(24)6)19-20-14-15(25)22(9-3)18(28)23(10-4)16(14)26;1-4-11(5-2)22-18(25)14(10(3)21-22)19-20-15-16(23)12-8-6-7-9-13(12)17(15)24;/h12,25H,7-10H2,1-6H3;6-9,11,21,23H,4-5H2,1-3H3;. The normalized spacial score (nSPS) is 12.7. The van der Waals surface area contributed by atoms with Crippen molar-refractivity contribution in [3.05, 3.63) is 88.3 Å². The second-order valence-electron chi connectivity index (χ2n) is 12.5. The van der Waals surface area contributed by atoms with Gasteiger partial charge in [-0.3, -0.25) is 38.1 Å². The fraction of sp³-hybridized carbons (Fsp3) is 0.472. The number of aromatic hydroxyl groups is 1. The van der Waals surface area contributed by atoms with Crippen LogP contribution in [0.1, 0.15) is 107 Å². The number of hydrogen-bond acceptors (Lipinski definition) is 11. The Morgan fingerprint density at radius 2 is 1.26 bits per heavy atom. The van der Waals surface area contributed by atoms with E-state index >= 15 is 0 Å². The topological polar surface area (TPSA) is 199 Å². The van der Waals surface area contributed by atoms with Crippen LogP contribution in [-0.2, 0) is 37.2 Å². The van der Waals surface area contributed by atoms with Crippen LogP contribution in [0, 0.1) is 18.6 Å². The Morgan fingerprint density at radius 3 is 1.80 bits per heavy atom. The molecular formula is C36H48CuN10O6S. The number of azo groups is 2. The van der Waals surface area contributed by atoms with Gasteiger partial charge in [-0.1, -0.05) is 52.0 Å². The molecule has 0 saturated carbocycles. The van der Waals surface area contributed by atoms with Gasteiger partial charge < -0.3 is 10.2 Å². The van der Waals surface area contributed by atoms with Crippen LogP contribution < -0.4 is 16.7 Å². The minimum Gasteiger partial charge on any atom is -0.505 e. The predicted molar refractivity (Wildman–Crippen MR) is 205 cm³/mol. The fourth-order valence-electron chi connectivity index (χ4n) is 6.33. The Morgan fingerprint density at radius 1 is 0.722 bits per heavy atom. The van der Waals surface area contributed by atoms with Crippen LogP contribution in [0.25, 0.3) is 5.76 Å². The van der Waals surface area contributed by atoms with E-state index in [4.69, 9.17) is 12.2 Å². The van der Waals surface area contributed by atoms with Crippen molar-refractivity contribution in [3.8, 4) is 5.88 Å². The molecule has 18 heteroatoms. The molecule has 1 aliphatic carbocycles. The van der Waals surface area contributed by atoms with Gasteiger partial charge in [-0.2, -0.15) is 0 Å². The molecule has 3 heterocycles. The van der Waals surface area contributed by atoms with E-state index in [0.29, 0.717) is 35.6 Å². The van der Waals surface area contributed by atoms with Gasteiger partial charge in [-0.15, -0.1) is 20.5 Å². The van der Waals surface area contributed by atoms with E-state index < -0.39 is 11.3 Å². The number of allylic oxidation sites excluding steroid dienone is 1. The molecule has 54 heavy (non-hydrogen) atoms. The molecule has 1 radical (unpaired) electrons. The van der Waals surface area contributed by atoms with E-state index in [1.807, 2.05) is 27.7 Å². The molecule has 0 bridgehead atoms. The van der Waals surface area contributed by atoms with Gasteiger partial charge in [0.2, 0.25) is 17.4 Å². The summed E-state index contributed by atoms with van der Waals surface area (Å²) in [6.07, 6.45) is 3.24. The number of carbonyl (C=O) groups is 1. The van der Waals surface area contributed by atoms with Gasteiger partial charge in [0, 0.05) is 48.3 Å². The Hall–Kier alpha value is -4.93. The summed E-state index contributed by atoms with van der Waals surface area (Å²) in [5.74, 6) is -0.955. The first kappa shape index (κ1) is 43.5. The van der Waals surface area contributed by atoms with E-state index in [0.717, 1.165) is 25.7 Å². The number of fused-ring (bicyclic) bond motifs is 1. The SMILES string of the molecule is CCC(CC)n1[nH]c(C)c(N=NC2=C(O)c3ccccc3C2=O)c1=O.CCC(CC)n1c(=O)c(N=Nc2c(O)n(CC)c(=S)n(CC)c2=O)c(C)n1C.[Cu].